The first-order valence-corrected chi connectivity index (χ1v) is 9.18. The van der Waals surface area contributed by atoms with Crippen molar-refractivity contribution in [3.63, 3.8) is 0 Å². The van der Waals surface area contributed by atoms with E-state index in [1.807, 2.05) is 6.92 Å². The first kappa shape index (κ1) is 20.6. The summed E-state index contributed by atoms with van der Waals surface area (Å²) in [5.41, 5.74) is 8.32. The monoisotopic (exact) mass is 405 g/mol. The quantitative estimate of drug-likeness (QED) is 0.569. The van der Waals surface area contributed by atoms with E-state index in [1.165, 1.54) is 6.07 Å². The van der Waals surface area contributed by atoms with Crippen molar-refractivity contribution in [3.05, 3.63) is 48.0 Å². The summed E-state index contributed by atoms with van der Waals surface area (Å²) in [6.45, 7) is 5.80. The lowest BCUT2D eigenvalue weighted by molar-refractivity contribution is -0.137. The smallest absolute Gasteiger partial charge is 0.416 e. The number of halogens is 3. The minimum Gasteiger partial charge on any atom is -0.447 e. The van der Waals surface area contributed by atoms with E-state index in [2.05, 4.69) is 5.32 Å². The minimum atomic E-state index is -4.43. The number of hydrogen-bond donors (Lipinski definition) is 2. The lowest BCUT2D eigenvalue weighted by Gasteiger charge is -2.12. The Morgan fingerprint density at radius 3 is 2.38 bits per heavy atom. The fraction of sp³-hybridized carbons (Fsp3) is 0.286. The summed E-state index contributed by atoms with van der Waals surface area (Å²) < 4.78 is 46.2. The molecule has 2 aromatic carbocycles. The van der Waals surface area contributed by atoms with Gasteiger partial charge >= 0.3 is 12.3 Å². The summed E-state index contributed by atoms with van der Waals surface area (Å²) in [5.74, 6) is 0. The van der Waals surface area contributed by atoms with Crippen molar-refractivity contribution in [1.82, 2.24) is 4.57 Å². The third-order valence-corrected chi connectivity index (χ3v) is 4.49. The van der Waals surface area contributed by atoms with Gasteiger partial charge in [0.25, 0.3) is 0 Å². The number of nitrogen functional groups attached to an aromatic ring is 1. The molecule has 0 atom stereocenters. The first-order chi connectivity index (χ1) is 13.6. The molecule has 8 heteroatoms. The maximum absolute atomic E-state index is 13.1. The van der Waals surface area contributed by atoms with Gasteiger partial charge in [0, 0.05) is 23.2 Å². The van der Waals surface area contributed by atoms with Crippen LogP contribution >= 0.6 is 0 Å². The Hall–Kier alpha value is -3.16. The molecule has 0 fully saturated rings. The number of carbonyl (C=O) groups excluding carboxylic acids is 1. The summed E-state index contributed by atoms with van der Waals surface area (Å²) in [5, 5.41) is 3.19. The van der Waals surface area contributed by atoms with E-state index >= 15 is 0 Å². The molecule has 0 saturated heterocycles. The summed E-state index contributed by atoms with van der Waals surface area (Å²) in [6.07, 6.45) is -5.23. The highest BCUT2D eigenvalue weighted by Crippen LogP contribution is 2.39. The minimum absolute atomic E-state index is 0.240. The second-order valence-corrected chi connectivity index (χ2v) is 6.89. The molecule has 0 spiro atoms. The third-order valence-electron chi connectivity index (χ3n) is 4.49. The molecule has 1 heterocycles. The maximum atomic E-state index is 13.1. The lowest BCUT2D eigenvalue weighted by Crippen LogP contribution is -2.17. The van der Waals surface area contributed by atoms with E-state index < -0.39 is 17.8 Å². The Balaban J connectivity index is 2.01. The topological polar surface area (TPSA) is 69.3 Å². The highest BCUT2D eigenvalue weighted by molar-refractivity contribution is 6.01. The predicted octanol–water partition coefficient (Wildman–Crippen LogP) is 5.89. The van der Waals surface area contributed by atoms with Crippen LogP contribution in [0.25, 0.3) is 22.2 Å². The van der Waals surface area contributed by atoms with Crippen LogP contribution in [0.5, 0.6) is 0 Å². The Morgan fingerprint density at radius 1 is 1.17 bits per heavy atom. The number of amides is 1. The number of aryl methyl sites for hydroxylation is 1. The molecule has 29 heavy (non-hydrogen) atoms. The zero-order valence-corrected chi connectivity index (χ0v) is 16.3. The van der Waals surface area contributed by atoms with Crippen LogP contribution in [-0.2, 0) is 17.5 Å². The van der Waals surface area contributed by atoms with E-state index in [0.717, 1.165) is 17.7 Å². The molecule has 3 rings (SSSR count). The Morgan fingerprint density at radius 2 is 1.83 bits per heavy atom. The molecule has 0 bridgehead atoms. The van der Waals surface area contributed by atoms with Crippen molar-refractivity contribution >= 4 is 28.4 Å². The zero-order valence-electron chi connectivity index (χ0n) is 16.3. The van der Waals surface area contributed by atoms with Crippen molar-refractivity contribution in [2.75, 3.05) is 11.1 Å². The number of nitrogens with one attached hydrogen (secondary N) is 1. The van der Waals surface area contributed by atoms with Gasteiger partial charge in [-0.2, -0.15) is 13.2 Å². The summed E-state index contributed by atoms with van der Waals surface area (Å²) in [7, 11) is 0. The van der Waals surface area contributed by atoms with Gasteiger partial charge in [-0.15, -0.1) is 0 Å². The molecule has 0 unspecified atom stereocenters. The van der Waals surface area contributed by atoms with Crippen LogP contribution in [0.2, 0.25) is 0 Å². The Labute approximate surface area is 166 Å². The van der Waals surface area contributed by atoms with Gasteiger partial charge in [-0.05, 0) is 45.0 Å². The molecule has 5 nitrogen and oxygen atoms in total. The van der Waals surface area contributed by atoms with Crippen LogP contribution in [-0.4, -0.2) is 16.8 Å². The molecular weight excluding hydrogens is 383 g/mol. The number of nitrogens with two attached hydrogens (primary N) is 1. The van der Waals surface area contributed by atoms with E-state index in [1.54, 1.807) is 42.7 Å². The van der Waals surface area contributed by atoms with E-state index in [4.69, 9.17) is 10.5 Å². The zero-order chi connectivity index (χ0) is 21.3. The Kier molecular flexibility index (Phi) is 5.46. The van der Waals surface area contributed by atoms with Crippen LogP contribution in [0.15, 0.2) is 42.5 Å². The molecule has 1 amide bonds. The van der Waals surface area contributed by atoms with Crippen LogP contribution in [0, 0.1) is 0 Å². The van der Waals surface area contributed by atoms with Crippen LogP contribution in [0.1, 0.15) is 26.3 Å². The number of nitrogens with zero attached hydrogens (tertiary/aromatic N) is 1. The fourth-order valence-electron chi connectivity index (χ4n) is 3.27. The number of benzene rings is 2. The average Bonchev–Trinajstić information content (AvgIpc) is 2.92. The highest BCUT2D eigenvalue weighted by atomic mass is 19.4. The average molecular weight is 405 g/mol. The molecule has 0 saturated carbocycles. The van der Waals surface area contributed by atoms with Gasteiger partial charge in [-0.1, -0.05) is 18.2 Å². The van der Waals surface area contributed by atoms with Gasteiger partial charge in [0.05, 0.1) is 28.6 Å². The number of fused-ring (bicyclic) bond motifs is 1. The molecule has 0 aliphatic carbocycles. The molecule has 0 aliphatic heterocycles. The standard InChI is InChI=1S/C21H22F3N3O2/c1-4-27-17-11-14(21(22,23)24)7-10-16(17)18(25)19(27)13-5-8-15(9-6-13)26-20(28)29-12(2)3/h5-12H,4,25H2,1-3H3,(H,26,28). The van der Waals surface area contributed by atoms with Crippen molar-refractivity contribution < 1.29 is 22.7 Å². The van der Waals surface area contributed by atoms with E-state index in [9.17, 15) is 18.0 Å². The SMILES string of the molecule is CCn1c(-c2ccc(NC(=O)OC(C)C)cc2)c(N)c2ccc(C(F)(F)F)cc21. The van der Waals surface area contributed by atoms with Crippen molar-refractivity contribution in [3.8, 4) is 11.3 Å². The van der Waals surface area contributed by atoms with Crippen molar-refractivity contribution in [1.29, 1.82) is 0 Å². The number of aromatic nitrogens is 1. The number of rotatable bonds is 4. The fourth-order valence-corrected chi connectivity index (χ4v) is 3.27. The van der Waals surface area contributed by atoms with Crippen LogP contribution < -0.4 is 11.1 Å². The predicted molar refractivity (Wildman–Crippen MR) is 108 cm³/mol. The largest absolute Gasteiger partial charge is 0.447 e. The highest BCUT2D eigenvalue weighted by Gasteiger charge is 2.31. The molecule has 154 valence electrons. The van der Waals surface area contributed by atoms with Gasteiger partial charge in [0.15, 0.2) is 0 Å². The number of ether oxygens (including phenoxy) is 1. The molecule has 0 radical (unpaired) electrons. The summed E-state index contributed by atoms with van der Waals surface area (Å²) in [4.78, 5) is 11.7. The van der Waals surface area contributed by atoms with Crippen LogP contribution in [0.3, 0.4) is 0 Å². The third kappa shape index (κ3) is 4.16. The van der Waals surface area contributed by atoms with Crippen molar-refractivity contribution in [2.45, 2.75) is 39.6 Å². The van der Waals surface area contributed by atoms with Gasteiger partial charge in [-0.25, -0.2) is 4.79 Å². The molecule has 1 aromatic heterocycles. The number of carbonyl (C=O) groups is 1. The lowest BCUT2D eigenvalue weighted by atomic mass is 10.1. The normalized spacial score (nSPS) is 11.8. The van der Waals surface area contributed by atoms with Gasteiger partial charge in [-0.3, -0.25) is 5.32 Å². The van der Waals surface area contributed by atoms with Gasteiger partial charge in [0.1, 0.15) is 0 Å². The molecule has 3 N–H and O–H groups in total. The van der Waals surface area contributed by atoms with Crippen molar-refractivity contribution in [2.24, 2.45) is 0 Å². The first-order valence-electron chi connectivity index (χ1n) is 9.18. The van der Waals surface area contributed by atoms with Gasteiger partial charge < -0.3 is 15.0 Å². The second kappa shape index (κ2) is 7.69. The summed E-state index contributed by atoms with van der Waals surface area (Å²) >= 11 is 0. The number of alkyl halides is 3. The molecule has 0 aliphatic rings. The summed E-state index contributed by atoms with van der Waals surface area (Å²) in [6, 6.07) is 10.5. The van der Waals surface area contributed by atoms with E-state index in [0.29, 0.717) is 34.5 Å². The molecular formula is C21H22F3N3O2. The maximum Gasteiger partial charge on any atom is 0.416 e. The number of anilines is 2. The molecule has 3 aromatic rings. The second-order valence-electron chi connectivity index (χ2n) is 6.89. The Bertz CT molecular complexity index is 1040. The van der Waals surface area contributed by atoms with Gasteiger partial charge in [0.2, 0.25) is 0 Å². The van der Waals surface area contributed by atoms with Crippen LogP contribution in [0.4, 0.5) is 29.3 Å². The van der Waals surface area contributed by atoms with E-state index in [-0.39, 0.29) is 6.10 Å². The number of hydrogen-bond acceptors (Lipinski definition) is 3.